The van der Waals surface area contributed by atoms with Crippen LogP contribution in [-0.2, 0) is 39.7 Å². The Morgan fingerprint density at radius 3 is 1.19 bits per heavy atom. The van der Waals surface area contributed by atoms with Crippen molar-refractivity contribution in [3.63, 3.8) is 0 Å². The molecule has 0 aliphatic heterocycles. The first kappa shape index (κ1) is 32.6. The zero-order chi connectivity index (χ0) is 31.3. The Morgan fingerprint density at radius 1 is 0.571 bits per heavy atom. The molecule has 4 atom stereocenters. The zero-order valence-corrected chi connectivity index (χ0v) is 23.0. The van der Waals surface area contributed by atoms with Gasteiger partial charge in [-0.1, -0.05) is 78.9 Å². The largest absolute Gasteiger partial charge is 0.455 e. The third kappa shape index (κ3) is 6.00. The van der Waals surface area contributed by atoms with Crippen LogP contribution in [0, 0.1) is 0 Å². The van der Waals surface area contributed by atoms with Gasteiger partial charge in [-0.05, 0) is 31.0 Å². The molecule has 0 N–H and O–H groups in total. The minimum absolute atomic E-state index is 0.181. The number of carbonyl (C=O) groups is 2. The fraction of sp³-hybridized carbons (Fsp3) is 0.333. The molecule has 42 heavy (non-hydrogen) atoms. The second-order valence-electron chi connectivity index (χ2n) is 9.26. The molecule has 0 saturated heterocycles. The van der Waals surface area contributed by atoms with Gasteiger partial charge in [-0.15, -0.1) is 0 Å². The van der Waals surface area contributed by atoms with E-state index in [9.17, 15) is 35.9 Å². The van der Waals surface area contributed by atoms with Gasteiger partial charge in [-0.2, -0.15) is 26.3 Å². The quantitative estimate of drug-likeness (QED) is 0.183. The number of alkyl halides is 6. The molecule has 0 saturated carbocycles. The highest BCUT2D eigenvalue weighted by Crippen LogP contribution is 2.45. The van der Waals surface area contributed by atoms with Crippen molar-refractivity contribution in [1.29, 1.82) is 0 Å². The summed E-state index contributed by atoms with van der Waals surface area (Å²) in [5.74, 6) is -3.45. The molecule has 226 valence electrons. The van der Waals surface area contributed by atoms with Gasteiger partial charge in [0.1, 0.15) is 12.2 Å². The van der Waals surface area contributed by atoms with Gasteiger partial charge in [-0.25, -0.2) is 9.59 Å². The van der Waals surface area contributed by atoms with E-state index in [0.29, 0.717) is 0 Å². The Balaban J connectivity index is 1.88. The van der Waals surface area contributed by atoms with Crippen molar-refractivity contribution in [2.24, 2.45) is 0 Å². The van der Waals surface area contributed by atoms with E-state index in [4.69, 9.17) is 18.9 Å². The van der Waals surface area contributed by atoms with Gasteiger partial charge in [-0.3, -0.25) is 0 Å². The first-order valence-electron chi connectivity index (χ1n) is 12.5. The molecule has 0 radical (unpaired) electrons. The first-order chi connectivity index (χ1) is 19.7. The number of methoxy groups -OCH3 is 2. The highest BCUT2D eigenvalue weighted by atomic mass is 19.4. The van der Waals surface area contributed by atoms with Crippen LogP contribution in [-0.4, -0.2) is 38.5 Å². The molecule has 3 aromatic carbocycles. The van der Waals surface area contributed by atoms with E-state index in [1.165, 1.54) is 74.5 Å². The van der Waals surface area contributed by atoms with Gasteiger partial charge >= 0.3 is 24.3 Å². The molecule has 3 aromatic rings. The van der Waals surface area contributed by atoms with E-state index >= 15 is 0 Å². The van der Waals surface area contributed by atoms with Crippen molar-refractivity contribution in [2.45, 2.75) is 49.6 Å². The topological polar surface area (TPSA) is 71.1 Å². The second-order valence-corrected chi connectivity index (χ2v) is 9.26. The fourth-order valence-corrected chi connectivity index (χ4v) is 4.46. The van der Waals surface area contributed by atoms with E-state index in [1.54, 1.807) is 0 Å². The zero-order valence-electron chi connectivity index (χ0n) is 23.0. The molecule has 0 spiro atoms. The molecule has 0 heterocycles. The summed E-state index contributed by atoms with van der Waals surface area (Å²) in [7, 11) is 1.47. The predicted octanol–water partition coefficient (Wildman–Crippen LogP) is 7.10. The lowest BCUT2D eigenvalue weighted by Gasteiger charge is -2.33. The van der Waals surface area contributed by atoms with Gasteiger partial charge in [0, 0.05) is 25.3 Å². The van der Waals surface area contributed by atoms with Crippen LogP contribution >= 0.6 is 0 Å². The van der Waals surface area contributed by atoms with Crippen molar-refractivity contribution in [2.75, 3.05) is 14.2 Å². The lowest BCUT2D eigenvalue weighted by atomic mass is 9.92. The standard InChI is InChI=1S/C30H28F6O6/c1-19(41-25(37)27(39-3,29(31,32)33)23-14-7-5-8-15-23)21-12-11-13-22(18-21)20(2)42-26(38)28(40-4,30(34,35)36)24-16-9-6-10-17-24/h5-20H,1-4H3/t19-,20-,27?,28?/m0/s1. The van der Waals surface area contributed by atoms with E-state index in [1.807, 2.05) is 0 Å². The SMILES string of the molecule is COC(C(=O)O[C@@H](C)c1cccc([C@H](C)OC(=O)C(OC)(c2ccccc2)C(F)(F)F)c1)(c1ccccc1)C(F)(F)F. The molecule has 0 aliphatic carbocycles. The molecular weight excluding hydrogens is 570 g/mol. The van der Waals surface area contributed by atoms with Crippen LogP contribution in [0.25, 0.3) is 0 Å². The Hall–Kier alpha value is -3.90. The summed E-state index contributed by atoms with van der Waals surface area (Å²) in [6.07, 6.45) is -12.9. The molecule has 0 aromatic heterocycles. The minimum Gasteiger partial charge on any atom is -0.455 e. The number of hydrogen-bond acceptors (Lipinski definition) is 6. The molecule has 0 fully saturated rings. The van der Waals surface area contributed by atoms with Gasteiger partial charge in [0.2, 0.25) is 0 Å². The molecule has 3 rings (SSSR count). The van der Waals surface area contributed by atoms with Gasteiger partial charge in [0.15, 0.2) is 0 Å². The third-order valence-electron chi connectivity index (χ3n) is 6.76. The summed E-state index contributed by atoms with van der Waals surface area (Å²) in [5.41, 5.74) is -7.45. The normalized spacial score (nSPS) is 16.4. The third-order valence-corrected chi connectivity index (χ3v) is 6.76. The summed E-state index contributed by atoms with van der Waals surface area (Å²) in [6.45, 7) is 2.62. The smallest absolute Gasteiger partial charge is 0.432 e. The molecular formula is C30H28F6O6. The number of rotatable bonds is 10. The van der Waals surface area contributed by atoms with Crippen molar-refractivity contribution in [3.05, 3.63) is 107 Å². The molecule has 12 heteroatoms. The summed E-state index contributed by atoms with van der Waals surface area (Å²) in [5, 5.41) is 0. The number of carbonyl (C=O) groups excluding carboxylic acids is 2. The van der Waals surface area contributed by atoms with E-state index in [0.717, 1.165) is 38.5 Å². The lowest BCUT2D eigenvalue weighted by molar-refractivity contribution is -0.279. The Kier molecular flexibility index (Phi) is 9.74. The van der Waals surface area contributed by atoms with Crippen molar-refractivity contribution in [3.8, 4) is 0 Å². The lowest BCUT2D eigenvalue weighted by Crippen LogP contribution is -2.52. The average molecular weight is 599 g/mol. The number of ether oxygens (including phenoxy) is 4. The van der Waals surface area contributed by atoms with Crippen LogP contribution in [0.4, 0.5) is 26.3 Å². The van der Waals surface area contributed by atoms with Gasteiger partial charge in [0.25, 0.3) is 11.2 Å². The predicted molar refractivity (Wildman–Crippen MR) is 138 cm³/mol. The Labute approximate surface area is 238 Å². The molecule has 0 aliphatic rings. The number of benzene rings is 3. The van der Waals surface area contributed by atoms with Crippen LogP contribution in [0.1, 0.15) is 48.3 Å². The van der Waals surface area contributed by atoms with Gasteiger partial charge < -0.3 is 18.9 Å². The maximum absolute atomic E-state index is 14.2. The average Bonchev–Trinajstić information content (AvgIpc) is 2.94. The molecule has 0 amide bonds. The Bertz CT molecular complexity index is 1260. The Morgan fingerprint density at radius 2 is 0.905 bits per heavy atom. The summed E-state index contributed by atoms with van der Waals surface area (Å²) in [6, 6.07) is 18.1. The minimum atomic E-state index is -5.18. The number of hydrogen-bond donors (Lipinski definition) is 0. The maximum Gasteiger partial charge on any atom is 0.432 e. The van der Waals surface area contributed by atoms with Crippen molar-refractivity contribution in [1.82, 2.24) is 0 Å². The fourth-order valence-electron chi connectivity index (χ4n) is 4.46. The monoisotopic (exact) mass is 598 g/mol. The molecule has 0 bridgehead atoms. The molecule has 2 unspecified atom stereocenters. The van der Waals surface area contributed by atoms with Crippen molar-refractivity contribution < 1.29 is 54.9 Å². The van der Waals surface area contributed by atoms with E-state index in [2.05, 4.69) is 0 Å². The van der Waals surface area contributed by atoms with E-state index in [-0.39, 0.29) is 11.1 Å². The molecule has 6 nitrogen and oxygen atoms in total. The van der Waals surface area contributed by atoms with Crippen LogP contribution in [0.2, 0.25) is 0 Å². The van der Waals surface area contributed by atoms with Crippen LogP contribution in [0.5, 0.6) is 0 Å². The van der Waals surface area contributed by atoms with Gasteiger partial charge in [0.05, 0.1) is 0 Å². The van der Waals surface area contributed by atoms with E-state index < -0.39 is 58.8 Å². The number of esters is 2. The van der Waals surface area contributed by atoms with Crippen LogP contribution in [0.15, 0.2) is 84.9 Å². The second kappa shape index (κ2) is 12.5. The summed E-state index contributed by atoms with van der Waals surface area (Å²) < 4.78 is 105. The summed E-state index contributed by atoms with van der Waals surface area (Å²) in [4.78, 5) is 26.0. The highest BCUT2D eigenvalue weighted by Gasteiger charge is 2.65. The summed E-state index contributed by atoms with van der Waals surface area (Å²) >= 11 is 0. The maximum atomic E-state index is 14.2. The number of halogens is 6. The van der Waals surface area contributed by atoms with Crippen molar-refractivity contribution >= 4 is 11.9 Å². The van der Waals surface area contributed by atoms with Crippen LogP contribution < -0.4 is 0 Å². The van der Waals surface area contributed by atoms with Crippen LogP contribution in [0.3, 0.4) is 0 Å². The highest BCUT2D eigenvalue weighted by molar-refractivity contribution is 5.83. The first-order valence-corrected chi connectivity index (χ1v) is 12.5.